The molecule has 0 aliphatic heterocycles. The van der Waals surface area contributed by atoms with Gasteiger partial charge in [-0.1, -0.05) is 68.7 Å². The molecular formula is C26H46O6S. The molecule has 0 saturated carbocycles. The highest BCUT2D eigenvalue weighted by atomic mass is 32.2. The lowest BCUT2D eigenvalue weighted by Gasteiger charge is -2.50. The number of phenols is 1. The first kappa shape index (κ1) is 29.6. The second-order valence-corrected chi connectivity index (χ2v) is 13.4. The van der Waals surface area contributed by atoms with E-state index in [0.29, 0.717) is 11.5 Å². The van der Waals surface area contributed by atoms with Crippen LogP contribution in [0.1, 0.15) is 98.6 Å². The van der Waals surface area contributed by atoms with Gasteiger partial charge in [-0.25, -0.2) is 0 Å². The van der Waals surface area contributed by atoms with E-state index >= 15 is 0 Å². The van der Waals surface area contributed by atoms with E-state index in [1.165, 1.54) is 21.1 Å². The van der Waals surface area contributed by atoms with Gasteiger partial charge in [-0.15, -0.1) is 0 Å². The third-order valence-electron chi connectivity index (χ3n) is 6.71. The van der Waals surface area contributed by atoms with E-state index in [-0.39, 0.29) is 45.0 Å². The number of rotatable bonds is 10. The molecule has 192 valence electrons. The molecule has 0 aliphatic rings. The maximum atomic E-state index is 12.5. The van der Waals surface area contributed by atoms with Crippen LogP contribution in [0.2, 0.25) is 0 Å². The molecule has 0 aromatic heterocycles. The van der Waals surface area contributed by atoms with Crippen molar-refractivity contribution in [1.82, 2.24) is 0 Å². The van der Waals surface area contributed by atoms with Crippen molar-refractivity contribution < 1.29 is 27.6 Å². The fourth-order valence-electron chi connectivity index (χ4n) is 6.33. The number of hydrogen-bond donors (Lipinski definition) is 2. The fourth-order valence-corrected chi connectivity index (χ4v) is 7.24. The Bertz CT molecular complexity index is 941. The Balaban J connectivity index is 4.33. The van der Waals surface area contributed by atoms with E-state index in [1.807, 2.05) is 0 Å². The van der Waals surface area contributed by atoms with Crippen molar-refractivity contribution in [3.05, 3.63) is 11.1 Å². The van der Waals surface area contributed by atoms with Crippen LogP contribution in [0.5, 0.6) is 17.2 Å². The molecule has 1 rings (SSSR count). The first-order valence-corrected chi connectivity index (χ1v) is 13.2. The molecule has 33 heavy (non-hydrogen) atoms. The molecule has 2 unspecified atom stereocenters. The van der Waals surface area contributed by atoms with Gasteiger partial charge in [-0.2, -0.15) is 8.42 Å². The van der Waals surface area contributed by atoms with Crippen molar-refractivity contribution in [3.8, 4) is 17.2 Å². The van der Waals surface area contributed by atoms with E-state index in [2.05, 4.69) is 62.3 Å². The van der Waals surface area contributed by atoms with E-state index in [9.17, 15) is 18.1 Å². The third kappa shape index (κ3) is 6.36. The van der Waals surface area contributed by atoms with Crippen LogP contribution in [0.4, 0.5) is 0 Å². The number of benzene rings is 1. The molecule has 0 saturated heterocycles. The molecule has 0 bridgehead atoms. The van der Waals surface area contributed by atoms with Crippen LogP contribution in [-0.2, 0) is 10.1 Å². The summed E-state index contributed by atoms with van der Waals surface area (Å²) in [7, 11) is -1.82. The molecule has 0 fully saturated rings. The van der Waals surface area contributed by atoms with E-state index in [4.69, 9.17) is 9.47 Å². The molecule has 2 atom stereocenters. The van der Waals surface area contributed by atoms with Crippen molar-refractivity contribution in [2.24, 2.45) is 22.2 Å². The quantitative estimate of drug-likeness (QED) is 0.347. The first-order valence-electron chi connectivity index (χ1n) is 11.7. The van der Waals surface area contributed by atoms with Crippen LogP contribution < -0.4 is 9.47 Å². The Hall–Kier alpha value is -1.47. The highest BCUT2D eigenvalue weighted by Gasteiger charge is 2.49. The third-order valence-corrected chi connectivity index (χ3v) is 7.72. The number of ether oxygens (including phenoxy) is 2. The molecule has 2 N–H and O–H groups in total. The molecule has 0 spiro atoms. The van der Waals surface area contributed by atoms with Crippen molar-refractivity contribution in [1.29, 1.82) is 0 Å². The highest BCUT2D eigenvalue weighted by molar-refractivity contribution is 7.86. The van der Waals surface area contributed by atoms with E-state index in [1.54, 1.807) is 0 Å². The van der Waals surface area contributed by atoms with Gasteiger partial charge in [0.25, 0.3) is 10.1 Å². The minimum absolute atomic E-state index is 0.00406. The number of phenolic OH excluding ortho intramolecular Hbond substituents is 1. The molecule has 1 aromatic carbocycles. The summed E-state index contributed by atoms with van der Waals surface area (Å²) in [5.74, 6) is 0.0983. The van der Waals surface area contributed by atoms with Gasteiger partial charge in [0.1, 0.15) is 10.6 Å². The molecule has 0 aliphatic carbocycles. The fraction of sp³-hybridized carbons (Fsp3) is 0.769. The number of methoxy groups -OCH3 is 2. The van der Waals surface area contributed by atoms with Crippen molar-refractivity contribution in [2.45, 2.75) is 99.3 Å². The first-order chi connectivity index (χ1) is 14.8. The van der Waals surface area contributed by atoms with Gasteiger partial charge in [0, 0.05) is 17.0 Å². The van der Waals surface area contributed by atoms with Gasteiger partial charge in [-0.3, -0.25) is 4.55 Å². The Morgan fingerprint density at radius 2 is 1.45 bits per heavy atom. The summed E-state index contributed by atoms with van der Waals surface area (Å²) in [6, 6.07) is 0. The molecular weight excluding hydrogens is 440 g/mol. The monoisotopic (exact) mass is 486 g/mol. The predicted octanol–water partition coefficient (Wildman–Crippen LogP) is 6.97. The number of hydrogen-bond acceptors (Lipinski definition) is 5. The van der Waals surface area contributed by atoms with Crippen molar-refractivity contribution in [2.75, 3.05) is 14.2 Å². The van der Waals surface area contributed by atoms with Gasteiger partial charge in [-0.05, 0) is 41.9 Å². The van der Waals surface area contributed by atoms with Crippen LogP contribution in [-0.4, -0.2) is 32.3 Å². The molecule has 1 aromatic rings. The van der Waals surface area contributed by atoms with Crippen molar-refractivity contribution in [3.63, 3.8) is 0 Å². The Labute approximate surface area is 201 Å². The summed E-state index contributed by atoms with van der Waals surface area (Å²) in [6.45, 7) is 21.0. The zero-order chi connectivity index (χ0) is 26.2. The largest absolute Gasteiger partial charge is 0.504 e. The van der Waals surface area contributed by atoms with Crippen LogP contribution in [0.25, 0.3) is 0 Å². The highest BCUT2D eigenvalue weighted by Crippen LogP contribution is 2.62. The summed E-state index contributed by atoms with van der Waals surface area (Å²) in [5.41, 5.74) is -0.120. The zero-order valence-electron chi connectivity index (χ0n) is 22.7. The second-order valence-electron chi connectivity index (χ2n) is 12.0. The Kier molecular flexibility index (Phi) is 8.98. The average Bonchev–Trinajstić information content (AvgIpc) is 2.60. The summed E-state index contributed by atoms with van der Waals surface area (Å²) in [5, 5.41) is 11.1. The summed E-state index contributed by atoms with van der Waals surface area (Å²) >= 11 is 0. The second kappa shape index (κ2) is 10.0. The van der Waals surface area contributed by atoms with Gasteiger partial charge in [0.2, 0.25) is 0 Å². The average molecular weight is 487 g/mol. The SMILES string of the molecule is CCC(C)(CC(C)C)C(c1c(OC)c(O)c(C)c(S(=O)(=O)O)c1OC)C(C)(C)CC(C)(C)C. The number of aromatic hydroxyl groups is 1. The van der Waals surface area contributed by atoms with Crippen LogP contribution >= 0.6 is 0 Å². The van der Waals surface area contributed by atoms with Crippen LogP contribution in [0.3, 0.4) is 0 Å². The Morgan fingerprint density at radius 3 is 1.79 bits per heavy atom. The lowest BCUT2D eigenvalue weighted by atomic mass is 9.54. The maximum absolute atomic E-state index is 12.5. The topological polar surface area (TPSA) is 93.1 Å². The van der Waals surface area contributed by atoms with Gasteiger partial charge in [0.15, 0.2) is 11.5 Å². The van der Waals surface area contributed by atoms with E-state index in [0.717, 1.165) is 19.3 Å². The summed E-state index contributed by atoms with van der Waals surface area (Å²) < 4.78 is 46.4. The van der Waals surface area contributed by atoms with Crippen LogP contribution in [0.15, 0.2) is 4.90 Å². The predicted molar refractivity (Wildman–Crippen MR) is 134 cm³/mol. The van der Waals surface area contributed by atoms with Gasteiger partial charge >= 0.3 is 0 Å². The standard InChI is InChI=1S/C26H46O6S/c1-13-26(10,14-16(2)3)23(25(8,9)15-24(5,6)7)18-20(31-11)19(27)17(4)22(21(18)32-12)33(28,29)30/h16,23,27H,13-15H2,1-12H3,(H,28,29,30). The molecule has 6 nitrogen and oxygen atoms in total. The lowest BCUT2D eigenvalue weighted by Crippen LogP contribution is -2.39. The van der Waals surface area contributed by atoms with Gasteiger partial charge < -0.3 is 14.6 Å². The lowest BCUT2D eigenvalue weighted by molar-refractivity contribution is 0.0595. The smallest absolute Gasteiger partial charge is 0.298 e. The molecule has 0 radical (unpaired) electrons. The molecule has 0 amide bonds. The normalized spacial score (nSPS) is 15.9. The van der Waals surface area contributed by atoms with Crippen molar-refractivity contribution >= 4 is 10.1 Å². The molecule has 7 heteroatoms. The van der Waals surface area contributed by atoms with Crippen LogP contribution in [0, 0.1) is 29.1 Å². The summed E-state index contributed by atoms with van der Waals surface area (Å²) in [4.78, 5) is -0.405. The minimum atomic E-state index is -4.68. The van der Waals surface area contributed by atoms with Gasteiger partial charge in [0.05, 0.1) is 14.2 Å². The van der Waals surface area contributed by atoms with E-state index < -0.39 is 15.0 Å². The molecule has 0 heterocycles. The zero-order valence-corrected chi connectivity index (χ0v) is 23.5. The Morgan fingerprint density at radius 1 is 0.970 bits per heavy atom. The summed E-state index contributed by atoms with van der Waals surface area (Å²) in [6.07, 6.45) is 2.54. The maximum Gasteiger partial charge on any atom is 0.298 e. The minimum Gasteiger partial charge on any atom is -0.504 e.